The molecule has 102 valence electrons. The highest BCUT2D eigenvalue weighted by Crippen LogP contribution is 2.59. The Morgan fingerprint density at radius 1 is 1.06 bits per heavy atom. The van der Waals surface area contributed by atoms with Crippen LogP contribution in [0, 0.1) is 5.41 Å². The molecule has 0 amide bonds. The highest BCUT2D eigenvalue weighted by molar-refractivity contribution is 5.16. The van der Waals surface area contributed by atoms with Crippen molar-refractivity contribution in [3.8, 4) is 0 Å². The van der Waals surface area contributed by atoms with Crippen molar-refractivity contribution in [1.82, 2.24) is 9.80 Å². The van der Waals surface area contributed by atoms with Crippen molar-refractivity contribution >= 4 is 0 Å². The summed E-state index contributed by atoms with van der Waals surface area (Å²) in [4.78, 5) is 5.24. The molecule has 2 heterocycles. The Balaban J connectivity index is 0.000000330. The van der Waals surface area contributed by atoms with Crippen LogP contribution in [-0.2, 0) is 0 Å². The van der Waals surface area contributed by atoms with E-state index in [1.165, 1.54) is 38.9 Å². The second kappa shape index (κ2) is 6.19. The third-order valence-electron chi connectivity index (χ3n) is 4.52. The van der Waals surface area contributed by atoms with E-state index in [9.17, 15) is 0 Å². The summed E-state index contributed by atoms with van der Waals surface area (Å²) in [6, 6.07) is 1.77. The largest absolute Gasteiger partial charge is 0.303 e. The maximum Gasteiger partial charge on any atom is 0.0171 e. The third-order valence-corrected chi connectivity index (χ3v) is 4.52. The maximum atomic E-state index is 2.64. The molecule has 17 heavy (non-hydrogen) atoms. The first-order valence-electron chi connectivity index (χ1n) is 7.66. The lowest BCUT2D eigenvalue weighted by atomic mass is 9.98. The van der Waals surface area contributed by atoms with Crippen LogP contribution in [0.5, 0.6) is 0 Å². The van der Waals surface area contributed by atoms with Gasteiger partial charge in [-0.3, -0.25) is 0 Å². The van der Waals surface area contributed by atoms with Gasteiger partial charge in [0.1, 0.15) is 0 Å². The molecular weight excluding hydrogens is 208 g/mol. The molecule has 2 aliphatic heterocycles. The van der Waals surface area contributed by atoms with Gasteiger partial charge in [-0.2, -0.15) is 0 Å². The lowest BCUT2D eigenvalue weighted by molar-refractivity contribution is 0.142. The van der Waals surface area contributed by atoms with Crippen LogP contribution in [0.1, 0.15) is 53.9 Å². The Labute approximate surface area is 108 Å². The average molecular weight is 240 g/mol. The van der Waals surface area contributed by atoms with Gasteiger partial charge in [0.15, 0.2) is 0 Å². The Morgan fingerprint density at radius 3 is 2.00 bits per heavy atom. The molecule has 2 saturated heterocycles. The van der Waals surface area contributed by atoms with E-state index in [-0.39, 0.29) is 0 Å². The van der Waals surface area contributed by atoms with Gasteiger partial charge in [-0.1, -0.05) is 27.7 Å². The van der Waals surface area contributed by atoms with E-state index < -0.39 is 0 Å². The minimum absolute atomic E-state index is 0.731. The van der Waals surface area contributed by atoms with Gasteiger partial charge in [-0.05, 0) is 46.3 Å². The van der Waals surface area contributed by atoms with E-state index in [1.807, 2.05) is 27.7 Å². The van der Waals surface area contributed by atoms with Gasteiger partial charge in [-0.25, -0.2) is 0 Å². The average Bonchev–Trinajstić information content (AvgIpc) is 2.97. The maximum absolute atomic E-state index is 2.64. The van der Waals surface area contributed by atoms with Crippen molar-refractivity contribution in [2.24, 2.45) is 5.41 Å². The Morgan fingerprint density at radius 2 is 1.65 bits per heavy atom. The van der Waals surface area contributed by atoms with E-state index in [4.69, 9.17) is 0 Å². The van der Waals surface area contributed by atoms with Crippen molar-refractivity contribution in [2.45, 2.75) is 66.0 Å². The standard InChI is InChI=1S/C11H20N2.2C2H6/c1-9-6-11(7-10(11)12(9)2)8-13-4-3-5-13;2*1-2/h9-10H,3-8H2,1-2H3;2*1-2H3. The smallest absolute Gasteiger partial charge is 0.0171 e. The highest BCUT2D eigenvalue weighted by atomic mass is 15.3. The topological polar surface area (TPSA) is 6.48 Å². The van der Waals surface area contributed by atoms with Gasteiger partial charge in [0.25, 0.3) is 0 Å². The van der Waals surface area contributed by atoms with Crippen LogP contribution in [0.2, 0.25) is 0 Å². The molecule has 1 aliphatic carbocycles. The van der Waals surface area contributed by atoms with E-state index in [0.717, 1.165) is 17.5 Å². The van der Waals surface area contributed by atoms with Gasteiger partial charge >= 0.3 is 0 Å². The van der Waals surface area contributed by atoms with Crippen LogP contribution in [0.3, 0.4) is 0 Å². The van der Waals surface area contributed by atoms with Gasteiger partial charge in [0, 0.05) is 24.0 Å². The van der Waals surface area contributed by atoms with Crippen LogP contribution in [-0.4, -0.2) is 48.6 Å². The van der Waals surface area contributed by atoms with Crippen molar-refractivity contribution in [1.29, 1.82) is 0 Å². The first kappa shape index (κ1) is 15.0. The summed E-state index contributed by atoms with van der Waals surface area (Å²) in [5, 5.41) is 0. The molecule has 3 atom stereocenters. The number of likely N-dealkylation sites (tertiary alicyclic amines) is 2. The van der Waals surface area contributed by atoms with Crippen LogP contribution in [0.15, 0.2) is 0 Å². The van der Waals surface area contributed by atoms with Crippen molar-refractivity contribution in [3.05, 3.63) is 0 Å². The van der Waals surface area contributed by atoms with Crippen molar-refractivity contribution in [2.75, 3.05) is 26.7 Å². The molecule has 3 aliphatic rings. The van der Waals surface area contributed by atoms with Gasteiger partial charge in [-0.15, -0.1) is 0 Å². The summed E-state index contributed by atoms with van der Waals surface area (Å²) in [6.07, 6.45) is 4.36. The number of fused-ring (bicyclic) bond motifs is 1. The number of piperidine rings is 1. The van der Waals surface area contributed by atoms with E-state index in [2.05, 4.69) is 23.8 Å². The molecule has 0 spiro atoms. The first-order valence-corrected chi connectivity index (χ1v) is 7.66. The molecule has 2 heteroatoms. The summed E-state index contributed by atoms with van der Waals surface area (Å²) in [5.74, 6) is 0. The van der Waals surface area contributed by atoms with Crippen molar-refractivity contribution in [3.63, 3.8) is 0 Å². The summed E-state index contributed by atoms with van der Waals surface area (Å²) < 4.78 is 0. The van der Waals surface area contributed by atoms with Crippen LogP contribution in [0.4, 0.5) is 0 Å². The molecule has 3 fully saturated rings. The normalized spacial score (nSPS) is 39.2. The first-order chi connectivity index (χ1) is 8.21. The quantitative estimate of drug-likeness (QED) is 0.731. The molecule has 0 aromatic heterocycles. The van der Waals surface area contributed by atoms with Crippen LogP contribution in [0.25, 0.3) is 0 Å². The summed E-state index contributed by atoms with van der Waals surface area (Å²) in [6.45, 7) is 14.5. The summed E-state index contributed by atoms with van der Waals surface area (Å²) in [7, 11) is 2.31. The minimum atomic E-state index is 0.731. The number of nitrogens with zero attached hydrogens (tertiary/aromatic N) is 2. The second-order valence-electron chi connectivity index (χ2n) is 5.43. The van der Waals surface area contributed by atoms with Gasteiger partial charge in [0.05, 0.1) is 0 Å². The molecule has 3 unspecified atom stereocenters. The molecule has 0 aromatic rings. The third kappa shape index (κ3) is 2.85. The zero-order valence-corrected chi connectivity index (χ0v) is 12.8. The predicted molar refractivity (Wildman–Crippen MR) is 76.4 cm³/mol. The van der Waals surface area contributed by atoms with E-state index in [0.29, 0.717) is 0 Å². The fraction of sp³-hybridized carbons (Fsp3) is 1.00. The van der Waals surface area contributed by atoms with Crippen molar-refractivity contribution < 1.29 is 0 Å². The second-order valence-corrected chi connectivity index (χ2v) is 5.43. The highest BCUT2D eigenvalue weighted by Gasteiger charge is 2.62. The Bertz CT molecular complexity index is 225. The zero-order chi connectivity index (χ0) is 13.1. The lowest BCUT2D eigenvalue weighted by Crippen LogP contribution is -2.41. The fourth-order valence-corrected chi connectivity index (χ4v) is 3.38. The summed E-state index contributed by atoms with van der Waals surface area (Å²) >= 11 is 0. The fourth-order valence-electron chi connectivity index (χ4n) is 3.38. The lowest BCUT2D eigenvalue weighted by Gasteiger charge is -2.33. The molecule has 0 N–H and O–H groups in total. The minimum Gasteiger partial charge on any atom is -0.303 e. The van der Waals surface area contributed by atoms with E-state index >= 15 is 0 Å². The number of rotatable bonds is 2. The zero-order valence-electron chi connectivity index (χ0n) is 12.8. The number of hydrogen-bond donors (Lipinski definition) is 0. The monoisotopic (exact) mass is 240 g/mol. The molecule has 3 rings (SSSR count). The predicted octanol–water partition coefficient (Wildman–Crippen LogP) is 3.23. The number of hydrogen-bond acceptors (Lipinski definition) is 2. The summed E-state index contributed by atoms with van der Waals surface area (Å²) in [5.41, 5.74) is 0.731. The molecule has 2 nitrogen and oxygen atoms in total. The molecule has 1 saturated carbocycles. The van der Waals surface area contributed by atoms with Crippen LogP contribution >= 0.6 is 0 Å². The Hall–Kier alpha value is -0.0800. The van der Waals surface area contributed by atoms with Gasteiger partial charge < -0.3 is 9.80 Å². The van der Waals surface area contributed by atoms with Crippen LogP contribution < -0.4 is 0 Å². The molecule has 0 radical (unpaired) electrons. The SMILES string of the molecule is CC.CC.CC1CC2(CN3CCC3)CC2N1C. The van der Waals surface area contributed by atoms with E-state index in [1.54, 1.807) is 0 Å². The Kier molecular flexibility index (Phi) is 5.46. The molecular formula is C15H32N2. The molecule has 0 bridgehead atoms. The van der Waals surface area contributed by atoms with Gasteiger partial charge in [0.2, 0.25) is 0 Å². The molecule has 0 aromatic carbocycles.